The third-order valence-electron chi connectivity index (χ3n) is 5.38. The van der Waals surface area contributed by atoms with E-state index in [0.29, 0.717) is 11.5 Å². The average Bonchev–Trinajstić information content (AvgIpc) is 3.36. The second-order valence-electron chi connectivity index (χ2n) is 7.59. The summed E-state index contributed by atoms with van der Waals surface area (Å²) in [4.78, 5) is 46.7. The number of aromatic nitrogens is 2. The predicted molar refractivity (Wildman–Crippen MR) is 125 cm³/mol. The Morgan fingerprint density at radius 2 is 1.91 bits per heavy atom. The molecule has 1 aliphatic heterocycles. The van der Waals surface area contributed by atoms with E-state index in [1.165, 1.54) is 0 Å². The van der Waals surface area contributed by atoms with Crippen LogP contribution in [-0.2, 0) is 9.59 Å². The zero-order valence-electron chi connectivity index (χ0n) is 17.7. The largest absolute Gasteiger partial charge is 0.346 e. The Bertz CT molecular complexity index is 1080. The molecule has 2 heterocycles. The van der Waals surface area contributed by atoms with Crippen molar-refractivity contribution in [1.29, 1.82) is 0 Å². The van der Waals surface area contributed by atoms with E-state index < -0.39 is 12.1 Å². The Morgan fingerprint density at radius 3 is 2.66 bits per heavy atom. The zero-order chi connectivity index (χ0) is 22.5. The Kier molecular flexibility index (Phi) is 6.75. The molecule has 8 nitrogen and oxygen atoms in total. The van der Waals surface area contributed by atoms with E-state index in [0.717, 1.165) is 28.1 Å². The highest BCUT2D eigenvalue weighted by Gasteiger charge is 2.38. The molecule has 1 unspecified atom stereocenters. The van der Waals surface area contributed by atoms with Crippen molar-refractivity contribution in [2.75, 3.05) is 16.9 Å². The summed E-state index contributed by atoms with van der Waals surface area (Å²) in [5, 5.41) is 5.72. The van der Waals surface area contributed by atoms with Crippen molar-refractivity contribution in [2.24, 2.45) is 0 Å². The van der Waals surface area contributed by atoms with Crippen LogP contribution in [0.25, 0.3) is 11.0 Å². The summed E-state index contributed by atoms with van der Waals surface area (Å²) in [5.74, 6) is 1.06. The van der Waals surface area contributed by atoms with Gasteiger partial charge >= 0.3 is 6.03 Å². The molecular weight excluding hydrogens is 426 g/mol. The topological polar surface area (TPSA) is 107 Å². The zero-order valence-corrected chi connectivity index (χ0v) is 18.5. The number of nitrogens with one attached hydrogen (secondary N) is 3. The van der Waals surface area contributed by atoms with E-state index in [1.807, 2.05) is 36.6 Å². The number of anilines is 1. The first-order chi connectivity index (χ1) is 15.6. The third-order valence-corrected chi connectivity index (χ3v) is 6.02. The van der Waals surface area contributed by atoms with Gasteiger partial charge in [0.05, 0.1) is 22.8 Å². The maximum absolute atomic E-state index is 12.7. The number of H-pyrrole nitrogens is 1. The number of imide groups is 1. The molecule has 4 rings (SSSR count). The summed E-state index contributed by atoms with van der Waals surface area (Å²) in [6.07, 6.45) is 3.10. The van der Waals surface area contributed by atoms with Gasteiger partial charge in [-0.3, -0.25) is 9.59 Å². The molecule has 32 heavy (non-hydrogen) atoms. The van der Waals surface area contributed by atoms with Gasteiger partial charge in [-0.05, 0) is 49.1 Å². The maximum atomic E-state index is 12.7. The maximum Gasteiger partial charge on any atom is 0.329 e. The third kappa shape index (κ3) is 4.77. The monoisotopic (exact) mass is 451 g/mol. The summed E-state index contributed by atoms with van der Waals surface area (Å²) >= 11 is 1.70. The summed E-state index contributed by atoms with van der Waals surface area (Å²) in [6.45, 7) is 0. The highest BCUT2D eigenvalue weighted by molar-refractivity contribution is 7.98. The minimum atomic E-state index is -0.718. The SMILES string of the molecule is CSCC[C@H](NC(=O)CCC1NC(=O)N(c2ccccc2)C1=O)c1nc2ccccc2[nH]1. The van der Waals surface area contributed by atoms with Gasteiger partial charge in [-0.1, -0.05) is 30.3 Å². The average molecular weight is 452 g/mol. The lowest BCUT2D eigenvalue weighted by molar-refractivity contribution is -0.122. The highest BCUT2D eigenvalue weighted by atomic mass is 32.2. The van der Waals surface area contributed by atoms with Gasteiger partial charge in [0.1, 0.15) is 11.9 Å². The van der Waals surface area contributed by atoms with Gasteiger partial charge in [-0.15, -0.1) is 0 Å². The van der Waals surface area contributed by atoms with Crippen LogP contribution in [0, 0.1) is 0 Å². The van der Waals surface area contributed by atoms with E-state index in [-0.39, 0.29) is 30.7 Å². The number of carbonyl (C=O) groups excluding carboxylic acids is 3. The van der Waals surface area contributed by atoms with Gasteiger partial charge < -0.3 is 15.6 Å². The van der Waals surface area contributed by atoms with Gasteiger partial charge in [0, 0.05) is 6.42 Å². The molecule has 4 amide bonds. The fraction of sp³-hybridized carbons (Fsp3) is 0.304. The van der Waals surface area contributed by atoms with Crippen LogP contribution in [0.4, 0.5) is 10.5 Å². The number of thioether (sulfide) groups is 1. The number of carbonyl (C=O) groups is 3. The van der Waals surface area contributed by atoms with Crippen molar-refractivity contribution in [3.8, 4) is 0 Å². The number of para-hydroxylation sites is 3. The second-order valence-corrected chi connectivity index (χ2v) is 8.58. The van der Waals surface area contributed by atoms with Crippen molar-refractivity contribution in [2.45, 2.75) is 31.3 Å². The molecule has 0 saturated carbocycles. The number of nitrogens with zero attached hydrogens (tertiary/aromatic N) is 2. The molecule has 0 radical (unpaired) electrons. The number of amides is 4. The number of aromatic amines is 1. The fourth-order valence-electron chi connectivity index (χ4n) is 3.74. The molecule has 3 aromatic rings. The molecule has 0 spiro atoms. The number of rotatable bonds is 9. The lowest BCUT2D eigenvalue weighted by Crippen LogP contribution is -2.34. The normalized spacial score (nSPS) is 16.9. The first kappa shape index (κ1) is 21.9. The molecule has 9 heteroatoms. The van der Waals surface area contributed by atoms with Crippen molar-refractivity contribution in [3.05, 3.63) is 60.4 Å². The number of benzene rings is 2. The van der Waals surface area contributed by atoms with E-state index in [4.69, 9.17) is 0 Å². The number of imidazole rings is 1. The molecule has 2 atom stereocenters. The van der Waals surface area contributed by atoms with E-state index in [9.17, 15) is 14.4 Å². The smallest absolute Gasteiger partial charge is 0.329 e. The van der Waals surface area contributed by atoms with Gasteiger partial charge in [-0.2, -0.15) is 11.8 Å². The molecule has 1 aromatic heterocycles. The number of fused-ring (bicyclic) bond motifs is 1. The van der Waals surface area contributed by atoms with Crippen molar-refractivity contribution in [1.82, 2.24) is 20.6 Å². The second kappa shape index (κ2) is 9.86. The number of hydrogen-bond donors (Lipinski definition) is 3. The Labute approximate surface area is 190 Å². The Hall–Kier alpha value is -3.33. The molecule has 166 valence electrons. The van der Waals surface area contributed by atoms with E-state index in [1.54, 1.807) is 36.0 Å². The summed E-state index contributed by atoms with van der Waals surface area (Å²) < 4.78 is 0. The number of hydrogen-bond acceptors (Lipinski definition) is 5. The van der Waals surface area contributed by atoms with Crippen LogP contribution in [0.3, 0.4) is 0 Å². The first-order valence-electron chi connectivity index (χ1n) is 10.5. The molecule has 0 aliphatic carbocycles. The van der Waals surface area contributed by atoms with E-state index in [2.05, 4.69) is 20.6 Å². The summed E-state index contributed by atoms with van der Waals surface area (Å²) in [7, 11) is 0. The molecule has 1 aliphatic rings. The van der Waals surface area contributed by atoms with Crippen LogP contribution < -0.4 is 15.5 Å². The van der Waals surface area contributed by atoms with Crippen molar-refractivity contribution < 1.29 is 14.4 Å². The highest BCUT2D eigenvalue weighted by Crippen LogP contribution is 2.22. The molecule has 3 N–H and O–H groups in total. The van der Waals surface area contributed by atoms with Crippen LogP contribution in [-0.4, -0.2) is 45.9 Å². The van der Waals surface area contributed by atoms with Gasteiger partial charge in [0.15, 0.2) is 0 Å². The molecule has 1 fully saturated rings. The standard InChI is InChI=1S/C23H25N5O3S/c1-32-14-13-18(21-25-16-9-5-6-10-17(16)26-21)24-20(29)12-11-19-22(30)28(23(31)27-19)15-7-3-2-4-8-15/h2-10,18-19H,11-14H2,1H3,(H,24,29)(H,25,26)(H,27,31)/t18-,19?/m0/s1. The molecule has 0 bridgehead atoms. The van der Waals surface area contributed by atoms with E-state index >= 15 is 0 Å². The molecule has 2 aromatic carbocycles. The Balaban J connectivity index is 1.38. The quantitative estimate of drug-likeness (QED) is 0.433. The van der Waals surface area contributed by atoms with Gasteiger partial charge in [0.2, 0.25) is 5.91 Å². The van der Waals surface area contributed by atoms with Gasteiger partial charge in [-0.25, -0.2) is 14.7 Å². The Morgan fingerprint density at radius 1 is 1.16 bits per heavy atom. The van der Waals surface area contributed by atoms with Crippen LogP contribution in [0.1, 0.15) is 31.1 Å². The van der Waals surface area contributed by atoms with Crippen molar-refractivity contribution in [3.63, 3.8) is 0 Å². The predicted octanol–water partition coefficient (Wildman–Crippen LogP) is 3.38. The van der Waals surface area contributed by atoms with Crippen LogP contribution in [0.2, 0.25) is 0 Å². The van der Waals surface area contributed by atoms with Crippen LogP contribution in [0.5, 0.6) is 0 Å². The molecular formula is C23H25N5O3S. The lowest BCUT2D eigenvalue weighted by atomic mass is 10.1. The van der Waals surface area contributed by atoms with Crippen LogP contribution >= 0.6 is 11.8 Å². The fourth-order valence-corrected chi connectivity index (χ4v) is 4.21. The first-order valence-corrected chi connectivity index (χ1v) is 11.9. The minimum Gasteiger partial charge on any atom is -0.346 e. The summed E-state index contributed by atoms with van der Waals surface area (Å²) in [6, 6.07) is 15.1. The van der Waals surface area contributed by atoms with Crippen molar-refractivity contribution >= 4 is 46.3 Å². The summed E-state index contributed by atoms with van der Waals surface area (Å²) in [5.41, 5.74) is 2.29. The molecule has 1 saturated heterocycles. The minimum absolute atomic E-state index is 0.120. The number of urea groups is 1. The van der Waals surface area contributed by atoms with Crippen LogP contribution in [0.15, 0.2) is 54.6 Å². The lowest BCUT2D eigenvalue weighted by Gasteiger charge is -2.17. The van der Waals surface area contributed by atoms with Gasteiger partial charge in [0.25, 0.3) is 5.91 Å².